The predicted octanol–water partition coefficient (Wildman–Crippen LogP) is 3.38. The van der Waals surface area contributed by atoms with Gasteiger partial charge in [0.1, 0.15) is 5.69 Å². The first-order valence-corrected chi connectivity index (χ1v) is 8.97. The molecule has 1 heterocycles. The number of aromatic carboxylic acids is 1. The number of benzene rings is 2. The van der Waals surface area contributed by atoms with Gasteiger partial charge >= 0.3 is 5.97 Å². The lowest BCUT2D eigenvalue weighted by molar-refractivity contribution is -0.384. The SMILES string of the molecule is O=C(O)c1ccc(N2CCN(Cc3ccccc3Br)CC2)c([N+](=O)[O-])c1. The molecule has 0 spiro atoms. The van der Waals surface area contributed by atoms with Gasteiger partial charge in [-0.2, -0.15) is 0 Å². The van der Waals surface area contributed by atoms with Crippen LogP contribution in [0.5, 0.6) is 0 Å². The number of carboxylic acids is 1. The second-order valence-electron chi connectivity index (χ2n) is 6.12. The van der Waals surface area contributed by atoms with E-state index < -0.39 is 10.9 Å². The van der Waals surface area contributed by atoms with E-state index in [9.17, 15) is 14.9 Å². The number of nitro benzene ring substituents is 1. The van der Waals surface area contributed by atoms with Gasteiger partial charge in [0, 0.05) is 43.3 Å². The normalized spacial score (nSPS) is 15.0. The molecule has 3 rings (SSSR count). The molecule has 0 saturated carbocycles. The number of nitro groups is 1. The molecule has 1 fully saturated rings. The van der Waals surface area contributed by atoms with Crippen LogP contribution in [-0.2, 0) is 6.54 Å². The van der Waals surface area contributed by atoms with Crippen molar-refractivity contribution < 1.29 is 14.8 Å². The van der Waals surface area contributed by atoms with Gasteiger partial charge in [-0.25, -0.2) is 4.79 Å². The third kappa shape index (κ3) is 4.03. The maximum Gasteiger partial charge on any atom is 0.335 e. The molecule has 0 aliphatic carbocycles. The van der Waals surface area contributed by atoms with Crippen molar-refractivity contribution in [2.24, 2.45) is 0 Å². The third-order valence-corrected chi connectivity index (χ3v) is 5.26. The molecule has 1 aliphatic heterocycles. The Kier molecular flexibility index (Phi) is 5.53. The van der Waals surface area contributed by atoms with Crippen LogP contribution in [0.2, 0.25) is 0 Å². The van der Waals surface area contributed by atoms with Crippen LogP contribution in [0.4, 0.5) is 11.4 Å². The van der Waals surface area contributed by atoms with Crippen LogP contribution < -0.4 is 4.90 Å². The van der Waals surface area contributed by atoms with Crippen molar-refractivity contribution >= 4 is 33.3 Å². The molecule has 0 unspecified atom stereocenters. The van der Waals surface area contributed by atoms with E-state index in [2.05, 4.69) is 26.9 Å². The monoisotopic (exact) mass is 419 g/mol. The van der Waals surface area contributed by atoms with Crippen molar-refractivity contribution in [2.75, 3.05) is 31.1 Å². The average Bonchev–Trinajstić information content (AvgIpc) is 2.63. The molecule has 0 radical (unpaired) electrons. The largest absolute Gasteiger partial charge is 0.478 e. The van der Waals surface area contributed by atoms with Crippen molar-refractivity contribution in [2.45, 2.75) is 6.54 Å². The highest BCUT2D eigenvalue weighted by Crippen LogP contribution is 2.30. The number of rotatable bonds is 5. The molecule has 0 atom stereocenters. The highest BCUT2D eigenvalue weighted by molar-refractivity contribution is 9.10. The fraction of sp³-hybridized carbons (Fsp3) is 0.278. The van der Waals surface area contributed by atoms with Gasteiger partial charge in [0.05, 0.1) is 10.5 Å². The summed E-state index contributed by atoms with van der Waals surface area (Å²) in [5, 5.41) is 20.4. The maximum absolute atomic E-state index is 11.4. The molecule has 2 aromatic carbocycles. The molecule has 1 aliphatic rings. The van der Waals surface area contributed by atoms with Gasteiger partial charge in [-0.05, 0) is 23.8 Å². The van der Waals surface area contributed by atoms with E-state index in [1.54, 1.807) is 0 Å². The number of piperazine rings is 1. The summed E-state index contributed by atoms with van der Waals surface area (Å²) in [6.45, 7) is 3.67. The first-order chi connectivity index (χ1) is 12.5. The highest BCUT2D eigenvalue weighted by atomic mass is 79.9. The third-order valence-electron chi connectivity index (χ3n) is 4.48. The molecule has 7 nitrogen and oxygen atoms in total. The van der Waals surface area contributed by atoms with Gasteiger partial charge < -0.3 is 10.0 Å². The summed E-state index contributed by atoms with van der Waals surface area (Å²) in [4.78, 5) is 26.1. The minimum Gasteiger partial charge on any atom is -0.478 e. The number of carboxylic acid groups (broad SMARTS) is 1. The Hall–Kier alpha value is -2.45. The summed E-state index contributed by atoms with van der Waals surface area (Å²) in [7, 11) is 0. The van der Waals surface area contributed by atoms with Crippen molar-refractivity contribution in [3.05, 3.63) is 68.2 Å². The second-order valence-corrected chi connectivity index (χ2v) is 6.97. The Balaban J connectivity index is 1.71. The molecule has 0 amide bonds. The van der Waals surface area contributed by atoms with Crippen LogP contribution >= 0.6 is 15.9 Å². The lowest BCUT2D eigenvalue weighted by atomic mass is 10.1. The molecule has 8 heteroatoms. The number of hydrogen-bond acceptors (Lipinski definition) is 5. The topological polar surface area (TPSA) is 86.9 Å². The van der Waals surface area contributed by atoms with E-state index in [-0.39, 0.29) is 11.3 Å². The van der Waals surface area contributed by atoms with Crippen molar-refractivity contribution in [1.82, 2.24) is 4.90 Å². The quantitative estimate of drug-likeness (QED) is 0.590. The molecule has 0 aromatic heterocycles. The summed E-state index contributed by atoms with van der Waals surface area (Å²) in [6, 6.07) is 12.1. The van der Waals surface area contributed by atoms with Crippen LogP contribution in [-0.4, -0.2) is 47.1 Å². The lowest BCUT2D eigenvalue weighted by Crippen LogP contribution is -2.46. The summed E-state index contributed by atoms with van der Waals surface area (Å²) in [6.07, 6.45) is 0. The van der Waals surface area contributed by atoms with E-state index in [0.29, 0.717) is 18.8 Å². The fourth-order valence-corrected chi connectivity index (χ4v) is 3.49. The Bertz CT molecular complexity index is 835. The lowest BCUT2D eigenvalue weighted by Gasteiger charge is -2.36. The molecular weight excluding hydrogens is 402 g/mol. The van der Waals surface area contributed by atoms with Crippen molar-refractivity contribution in [3.8, 4) is 0 Å². The second kappa shape index (κ2) is 7.84. The van der Waals surface area contributed by atoms with E-state index in [0.717, 1.165) is 30.2 Å². The van der Waals surface area contributed by atoms with Gasteiger partial charge in [-0.15, -0.1) is 0 Å². The minimum atomic E-state index is -1.17. The van der Waals surface area contributed by atoms with Crippen molar-refractivity contribution in [3.63, 3.8) is 0 Å². The van der Waals surface area contributed by atoms with Crippen LogP contribution in [0.25, 0.3) is 0 Å². The predicted molar refractivity (Wildman–Crippen MR) is 102 cm³/mol. The summed E-state index contributed by atoms with van der Waals surface area (Å²) in [5.74, 6) is -1.17. The number of nitrogens with zero attached hydrogens (tertiary/aromatic N) is 3. The molecule has 1 saturated heterocycles. The number of carbonyl (C=O) groups is 1. The first-order valence-electron chi connectivity index (χ1n) is 8.18. The summed E-state index contributed by atoms with van der Waals surface area (Å²) >= 11 is 3.56. The van der Waals surface area contributed by atoms with Crippen LogP contribution in [0.15, 0.2) is 46.9 Å². The van der Waals surface area contributed by atoms with Gasteiger partial charge in [0.2, 0.25) is 0 Å². The Morgan fingerprint density at radius 2 is 1.85 bits per heavy atom. The number of hydrogen-bond donors (Lipinski definition) is 1. The molecule has 0 bridgehead atoms. The van der Waals surface area contributed by atoms with Crippen LogP contribution in [0.3, 0.4) is 0 Å². The van der Waals surface area contributed by atoms with Gasteiger partial charge in [-0.3, -0.25) is 15.0 Å². The summed E-state index contributed by atoms with van der Waals surface area (Å²) in [5.41, 5.74) is 1.44. The zero-order valence-corrected chi connectivity index (χ0v) is 15.6. The molecule has 136 valence electrons. The standard InChI is InChI=1S/C18H18BrN3O4/c19-15-4-2-1-3-14(15)12-20-7-9-21(10-8-20)16-6-5-13(18(23)24)11-17(16)22(25)26/h1-6,11H,7-10,12H2,(H,23,24). The Labute approximate surface area is 159 Å². The smallest absolute Gasteiger partial charge is 0.335 e. The fourth-order valence-electron chi connectivity index (χ4n) is 3.08. The van der Waals surface area contributed by atoms with E-state index in [1.165, 1.54) is 17.7 Å². The molecule has 2 aromatic rings. The Morgan fingerprint density at radius 1 is 1.15 bits per heavy atom. The zero-order valence-electron chi connectivity index (χ0n) is 14.0. The van der Waals surface area contributed by atoms with Crippen molar-refractivity contribution in [1.29, 1.82) is 0 Å². The number of halogens is 1. The van der Waals surface area contributed by atoms with E-state index in [4.69, 9.17) is 5.11 Å². The van der Waals surface area contributed by atoms with Gasteiger partial charge in [-0.1, -0.05) is 34.1 Å². The average molecular weight is 420 g/mol. The highest BCUT2D eigenvalue weighted by Gasteiger charge is 2.25. The minimum absolute atomic E-state index is 0.0759. The van der Waals surface area contributed by atoms with Crippen LogP contribution in [0, 0.1) is 10.1 Å². The van der Waals surface area contributed by atoms with E-state index in [1.807, 2.05) is 23.1 Å². The summed E-state index contributed by atoms with van der Waals surface area (Å²) < 4.78 is 1.07. The van der Waals surface area contributed by atoms with Gasteiger partial charge in [0.15, 0.2) is 0 Å². The number of anilines is 1. The van der Waals surface area contributed by atoms with E-state index >= 15 is 0 Å². The van der Waals surface area contributed by atoms with Gasteiger partial charge in [0.25, 0.3) is 5.69 Å². The Morgan fingerprint density at radius 3 is 2.46 bits per heavy atom. The molecule has 26 heavy (non-hydrogen) atoms. The first kappa shape index (κ1) is 18.3. The molecule has 1 N–H and O–H groups in total. The zero-order chi connectivity index (χ0) is 18.7. The molecular formula is C18H18BrN3O4. The maximum atomic E-state index is 11.4. The van der Waals surface area contributed by atoms with Crippen LogP contribution in [0.1, 0.15) is 15.9 Å².